The first kappa shape index (κ1) is 10.9. The summed E-state index contributed by atoms with van der Waals surface area (Å²) in [7, 11) is -3.51. The second-order valence-electron chi connectivity index (χ2n) is 2.52. The van der Waals surface area contributed by atoms with Gasteiger partial charge in [-0.2, -0.15) is 0 Å². The molecule has 0 atom stereocenters. The summed E-state index contributed by atoms with van der Waals surface area (Å²) in [6.07, 6.45) is 2.70. The van der Waals surface area contributed by atoms with Gasteiger partial charge < -0.3 is 5.43 Å². The number of nitrogen functional groups attached to an aromatic ring is 1. The van der Waals surface area contributed by atoms with Crippen molar-refractivity contribution in [2.45, 2.75) is 11.8 Å². The van der Waals surface area contributed by atoms with Gasteiger partial charge in [0.1, 0.15) is 4.90 Å². The van der Waals surface area contributed by atoms with Crippen LogP contribution in [-0.4, -0.2) is 19.9 Å². The second kappa shape index (κ2) is 4.36. The Labute approximate surface area is 82.6 Å². The molecular weight excluding hydrogens is 204 g/mol. The summed E-state index contributed by atoms with van der Waals surface area (Å²) in [6, 6.07) is 1.49. The van der Waals surface area contributed by atoms with Gasteiger partial charge >= 0.3 is 0 Å². The molecule has 1 rings (SSSR count). The van der Waals surface area contributed by atoms with Gasteiger partial charge in [-0.15, -0.1) is 0 Å². The SMILES string of the molecule is CCNS(=O)(=O)c1cnccc1NN. The van der Waals surface area contributed by atoms with Gasteiger partial charge in [0.25, 0.3) is 0 Å². The molecule has 7 heteroatoms. The first-order valence-corrected chi connectivity index (χ1v) is 5.50. The van der Waals surface area contributed by atoms with Crippen molar-refractivity contribution in [2.75, 3.05) is 12.0 Å². The maximum absolute atomic E-state index is 11.6. The maximum Gasteiger partial charge on any atom is 0.244 e. The third kappa shape index (κ3) is 2.19. The maximum atomic E-state index is 11.6. The molecule has 0 bridgehead atoms. The van der Waals surface area contributed by atoms with Crippen LogP contribution in [0.5, 0.6) is 0 Å². The molecule has 1 aromatic heterocycles. The Balaban J connectivity index is 3.18. The minimum atomic E-state index is -3.51. The van der Waals surface area contributed by atoms with E-state index in [1.165, 1.54) is 18.5 Å². The first-order chi connectivity index (χ1) is 6.61. The van der Waals surface area contributed by atoms with Crippen LogP contribution in [0.1, 0.15) is 6.92 Å². The Hall–Kier alpha value is -1.18. The molecule has 0 spiro atoms. The molecule has 0 fully saturated rings. The number of anilines is 1. The highest BCUT2D eigenvalue weighted by Gasteiger charge is 2.16. The highest BCUT2D eigenvalue weighted by atomic mass is 32.2. The Morgan fingerprint density at radius 2 is 2.29 bits per heavy atom. The number of hydrazine groups is 1. The van der Waals surface area contributed by atoms with Crippen molar-refractivity contribution in [1.82, 2.24) is 9.71 Å². The van der Waals surface area contributed by atoms with Crippen LogP contribution < -0.4 is 16.0 Å². The van der Waals surface area contributed by atoms with Gasteiger partial charge in [0.2, 0.25) is 10.0 Å². The van der Waals surface area contributed by atoms with Gasteiger partial charge in [-0.3, -0.25) is 10.8 Å². The number of hydrogen-bond donors (Lipinski definition) is 3. The molecule has 0 radical (unpaired) electrons. The fraction of sp³-hybridized carbons (Fsp3) is 0.286. The van der Waals surface area contributed by atoms with Crippen molar-refractivity contribution >= 4 is 15.7 Å². The predicted molar refractivity (Wildman–Crippen MR) is 52.9 cm³/mol. The van der Waals surface area contributed by atoms with E-state index in [9.17, 15) is 8.42 Å². The van der Waals surface area contributed by atoms with Crippen LogP contribution in [0.15, 0.2) is 23.4 Å². The fourth-order valence-electron chi connectivity index (χ4n) is 0.981. The number of nitrogens with two attached hydrogens (primary N) is 1. The van der Waals surface area contributed by atoms with Crippen LogP contribution in [0.3, 0.4) is 0 Å². The zero-order valence-corrected chi connectivity index (χ0v) is 8.50. The Morgan fingerprint density at radius 3 is 2.86 bits per heavy atom. The molecule has 1 heterocycles. The summed E-state index contributed by atoms with van der Waals surface area (Å²) in [5.41, 5.74) is 2.62. The number of hydrogen-bond acceptors (Lipinski definition) is 5. The molecule has 0 saturated carbocycles. The number of nitrogens with one attached hydrogen (secondary N) is 2. The highest BCUT2D eigenvalue weighted by molar-refractivity contribution is 7.89. The Morgan fingerprint density at radius 1 is 1.57 bits per heavy atom. The van der Waals surface area contributed by atoms with Crippen molar-refractivity contribution in [2.24, 2.45) is 5.84 Å². The van der Waals surface area contributed by atoms with E-state index < -0.39 is 10.0 Å². The average molecular weight is 216 g/mol. The van der Waals surface area contributed by atoms with Gasteiger partial charge in [0.15, 0.2) is 0 Å². The van der Waals surface area contributed by atoms with Crippen LogP contribution in [0, 0.1) is 0 Å². The third-order valence-corrected chi connectivity index (χ3v) is 3.14. The van der Waals surface area contributed by atoms with E-state index in [0.717, 1.165) is 0 Å². The molecule has 1 aromatic rings. The summed E-state index contributed by atoms with van der Waals surface area (Å²) in [4.78, 5) is 3.77. The van der Waals surface area contributed by atoms with Crippen LogP contribution >= 0.6 is 0 Å². The third-order valence-electron chi connectivity index (χ3n) is 1.56. The second-order valence-corrected chi connectivity index (χ2v) is 4.25. The summed E-state index contributed by atoms with van der Waals surface area (Å²) in [5, 5.41) is 0. The molecule has 0 aliphatic heterocycles. The van der Waals surface area contributed by atoms with E-state index in [0.29, 0.717) is 12.2 Å². The topological polar surface area (TPSA) is 97.1 Å². The molecule has 78 valence electrons. The van der Waals surface area contributed by atoms with Crippen molar-refractivity contribution in [3.8, 4) is 0 Å². The number of pyridine rings is 1. The van der Waals surface area contributed by atoms with Crippen molar-refractivity contribution in [3.63, 3.8) is 0 Å². The number of sulfonamides is 1. The molecule has 0 amide bonds. The highest BCUT2D eigenvalue weighted by Crippen LogP contribution is 2.17. The molecule has 0 aliphatic rings. The molecule has 6 nitrogen and oxygen atoms in total. The standard InChI is InChI=1S/C7H12N4O2S/c1-2-10-14(12,13)7-5-9-4-3-6(7)11-8/h3-5,10H,2,8H2,1H3,(H,9,11). The van der Waals surface area contributed by atoms with Crippen molar-refractivity contribution in [1.29, 1.82) is 0 Å². The van der Waals surface area contributed by atoms with E-state index in [1.54, 1.807) is 6.92 Å². The number of nitrogens with zero attached hydrogens (tertiary/aromatic N) is 1. The zero-order chi connectivity index (χ0) is 10.6. The molecule has 0 saturated heterocycles. The molecule has 14 heavy (non-hydrogen) atoms. The largest absolute Gasteiger partial charge is 0.323 e. The molecule has 0 aliphatic carbocycles. The van der Waals surface area contributed by atoms with Gasteiger partial charge in [0.05, 0.1) is 5.69 Å². The van der Waals surface area contributed by atoms with Crippen LogP contribution in [0.2, 0.25) is 0 Å². The lowest BCUT2D eigenvalue weighted by atomic mass is 10.4. The van der Waals surface area contributed by atoms with E-state index in [-0.39, 0.29) is 4.90 Å². The van der Waals surface area contributed by atoms with Crippen molar-refractivity contribution in [3.05, 3.63) is 18.5 Å². The molecule has 0 aromatic carbocycles. The van der Waals surface area contributed by atoms with Gasteiger partial charge in [0, 0.05) is 18.9 Å². The zero-order valence-electron chi connectivity index (χ0n) is 7.69. The fourth-order valence-corrected chi connectivity index (χ4v) is 2.13. The average Bonchev–Trinajstić information content (AvgIpc) is 2.18. The summed E-state index contributed by atoms with van der Waals surface area (Å²) < 4.78 is 25.5. The lowest BCUT2D eigenvalue weighted by Crippen LogP contribution is -2.25. The number of aromatic nitrogens is 1. The van der Waals surface area contributed by atoms with Gasteiger partial charge in [-0.25, -0.2) is 13.1 Å². The molecular formula is C7H12N4O2S. The first-order valence-electron chi connectivity index (χ1n) is 4.02. The minimum Gasteiger partial charge on any atom is -0.323 e. The monoisotopic (exact) mass is 216 g/mol. The quantitative estimate of drug-likeness (QED) is 0.473. The smallest absolute Gasteiger partial charge is 0.244 e. The summed E-state index contributed by atoms with van der Waals surface area (Å²) >= 11 is 0. The lowest BCUT2D eigenvalue weighted by molar-refractivity contribution is 0.584. The van der Waals surface area contributed by atoms with Gasteiger partial charge in [-0.1, -0.05) is 6.92 Å². The Kier molecular flexibility index (Phi) is 3.39. The molecule has 0 unspecified atom stereocenters. The predicted octanol–water partition coefficient (Wildman–Crippen LogP) is -0.335. The normalized spacial score (nSPS) is 11.3. The van der Waals surface area contributed by atoms with Crippen molar-refractivity contribution < 1.29 is 8.42 Å². The Bertz CT molecular complexity index is 404. The van der Waals surface area contributed by atoms with E-state index in [1.807, 2.05) is 0 Å². The summed E-state index contributed by atoms with van der Waals surface area (Å²) in [6.45, 7) is 2.02. The van der Waals surface area contributed by atoms with E-state index in [4.69, 9.17) is 5.84 Å². The number of rotatable bonds is 4. The lowest BCUT2D eigenvalue weighted by Gasteiger charge is -2.08. The molecule has 4 N–H and O–H groups in total. The van der Waals surface area contributed by atoms with Gasteiger partial charge in [-0.05, 0) is 6.07 Å². The van der Waals surface area contributed by atoms with E-state index >= 15 is 0 Å². The van der Waals surface area contributed by atoms with Crippen LogP contribution in [-0.2, 0) is 10.0 Å². The van der Waals surface area contributed by atoms with E-state index in [2.05, 4.69) is 15.1 Å². The minimum absolute atomic E-state index is 0.0457. The van der Waals surface area contributed by atoms with Crippen LogP contribution in [0.25, 0.3) is 0 Å². The van der Waals surface area contributed by atoms with Crippen LogP contribution in [0.4, 0.5) is 5.69 Å². The summed E-state index contributed by atoms with van der Waals surface area (Å²) in [5.74, 6) is 5.17.